The number of ether oxygens (including phenoxy) is 4. The smallest absolute Gasteiger partial charge is 0.206 e. The third-order valence-corrected chi connectivity index (χ3v) is 2.42. The van der Waals surface area contributed by atoms with Crippen LogP contribution in [0.2, 0.25) is 0 Å². The summed E-state index contributed by atoms with van der Waals surface area (Å²) < 4.78 is 21.0. The van der Waals surface area contributed by atoms with E-state index in [-0.39, 0.29) is 6.79 Å². The van der Waals surface area contributed by atoms with E-state index < -0.39 is 0 Å². The van der Waals surface area contributed by atoms with Crippen molar-refractivity contribution in [2.45, 2.75) is 13.5 Å². The average Bonchev–Trinajstić information content (AvgIpc) is 2.42. The summed E-state index contributed by atoms with van der Waals surface area (Å²) in [6.07, 6.45) is 0. The molecule has 0 saturated heterocycles. The first-order valence-electron chi connectivity index (χ1n) is 5.84. The lowest BCUT2D eigenvalue weighted by Gasteiger charge is -2.15. The van der Waals surface area contributed by atoms with Crippen LogP contribution in [-0.2, 0) is 11.3 Å². The van der Waals surface area contributed by atoms with E-state index in [0.29, 0.717) is 17.2 Å². The van der Waals surface area contributed by atoms with Crippen LogP contribution in [0.1, 0.15) is 12.5 Å². The highest BCUT2D eigenvalue weighted by molar-refractivity contribution is 5.53. The number of hydrogen-bond acceptors (Lipinski definition) is 5. The van der Waals surface area contributed by atoms with Crippen molar-refractivity contribution < 1.29 is 18.9 Å². The van der Waals surface area contributed by atoms with Gasteiger partial charge in [0, 0.05) is 13.7 Å². The molecule has 1 aromatic rings. The minimum absolute atomic E-state index is 0.152. The minimum Gasteiger partial charge on any atom is -0.493 e. The van der Waals surface area contributed by atoms with Gasteiger partial charge >= 0.3 is 0 Å². The number of hydrogen-bond donors (Lipinski definition) is 1. The summed E-state index contributed by atoms with van der Waals surface area (Å²) in [5, 5.41) is 3.25. The zero-order chi connectivity index (χ0) is 13.4. The van der Waals surface area contributed by atoms with E-state index in [1.807, 2.05) is 12.1 Å². The van der Waals surface area contributed by atoms with E-state index in [1.54, 1.807) is 21.3 Å². The van der Waals surface area contributed by atoms with Crippen molar-refractivity contribution in [3.05, 3.63) is 17.7 Å². The summed E-state index contributed by atoms with van der Waals surface area (Å²) >= 11 is 0. The molecule has 0 saturated carbocycles. The van der Waals surface area contributed by atoms with Gasteiger partial charge in [-0.25, -0.2) is 0 Å². The van der Waals surface area contributed by atoms with Gasteiger partial charge in [0.05, 0.1) is 14.2 Å². The van der Waals surface area contributed by atoms with E-state index in [1.165, 1.54) is 0 Å². The zero-order valence-electron chi connectivity index (χ0n) is 11.4. The van der Waals surface area contributed by atoms with E-state index in [4.69, 9.17) is 18.9 Å². The Bertz CT molecular complexity index is 343. The molecule has 18 heavy (non-hydrogen) atoms. The van der Waals surface area contributed by atoms with Crippen LogP contribution >= 0.6 is 0 Å². The van der Waals surface area contributed by atoms with Gasteiger partial charge in [0.2, 0.25) is 5.75 Å². The summed E-state index contributed by atoms with van der Waals surface area (Å²) in [6, 6.07) is 3.85. The molecule has 5 nitrogen and oxygen atoms in total. The minimum atomic E-state index is 0.152. The SMILES string of the molecule is CCNCc1cc(OC)c(OCOC)c(OC)c1. The van der Waals surface area contributed by atoms with Crippen LogP contribution in [0.4, 0.5) is 0 Å². The van der Waals surface area contributed by atoms with Crippen LogP contribution in [0.3, 0.4) is 0 Å². The molecule has 1 rings (SSSR count). The Morgan fingerprint density at radius 2 is 1.67 bits per heavy atom. The molecule has 102 valence electrons. The van der Waals surface area contributed by atoms with Crippen molar-refractivity contribution in [1.82, 2.24) is 5.32 Å². The molecule has 0 atom stereocenters. The summed E-state index contributed by atoms with van der Waals surface area (Å²) in [5.74, 6) is 1.83. The van der Waals surface area contributed by atoms with E-state index in [2.05, 4.69) is 12.2 Å². The van der Waals surface area contributed by atoms with Gasteiger partial charge in [0.15, 0.2) is 18.3 Å². The first-order valence-corrected chi connectivity index (χ1v) is 5.84. The monoisotopic (exact) mass is 255 g/mol. The molecule has 1 N–H and O–H groups in total. The Morgan fingerprint density at radius 3 is 2.11 bits per heavy atom. The molecule has 0 aromatic heterocycles. The van der Waals surface area contributed by atoms with Crippen molar-refractivity contribution >= 4 is 0 Å². The number of rotatable bonds is 8. The average molecular weight is 255 g/mol. The Hall–Kier alpha value is -1.46. The largest absolute Gasteiger partial charge is 0.493 e. The molecule has 0 aliphatic heterocycles. The van der Waals surface area contributed by atoms with Crippen LogP contribution in [0, 0.1) is 0 Å². The molecule has 0 unspecified atom stereocenters. The highest BCUT2D eigenvalue weighted by Crippen LogP contribution is 2.38. The van der Waals surface area contributed by atoms with Gasteiger partial charge in [-0.1, -0.05) is 6.92 Å². The first kappa shape index (κ1) is 14.6. The third kappa shape index (κ3) is 3.78. The highest BCUT2D eigenvalue weighted by atomic mass is 16.7. The van der Waals surface area contributed by atoms with E-state index in [9.17, 15) is 0 Å². The molecule has 0 amide bonds. The second-order valence-corrected chi connectivity index (χ2v) is 3.66. The van der Waals surface area contributed by atoms with Crippen molar-refractivity contribution in [3.63, 3.8) is 0 Å². The summed E-state index contributed by atoms with van der Waals surface area (Å²) in [7, 11) is 4.77. The molecule has 1 aromatic carbocycles. The Labute approximate surface area is 108 Å². The van der Waals surface area contributed by atoms with E-state index in [0.717, 1.165) is 18.7 Å². The van der Waals surface area contributed by atoms with Gasteiger partial charge < -0.3 is 24.3 Å². The maximum absolute atomic E-state index is 5.47. The third-order valence-electron chi connectivity index (χ3n) is 2.42. The van der Waals surface area contributed by atoms with E-state index >= 15 is 0 Å². The Balaban J connectivity index is 3.00. The number of benzene rings is 1. The fraction of sp³-hybridized carbons (Fsp3) is 0.538. The predicted octanol–water partition coefficient (Wildman–Crippen LogP) is 1.80. The van der Waals surface area contributed by atoms with Gasteiger partial charge in [0.25, 0.3) is 0 Å². The quantitative estimate of drug-likeness (QED) is 0.718. The van der Waals surface area contributed by atoms with Crippen LogP contribution in [0.25, 0.3) is 0 Å². The number of methoxy groups -OCH3 is 3. The maximum Gasteiger partial charge on any atom is 0.206 e. The molecule has 0 aliphatic rings. The van der Waals surface area contributed by atoms with Gasteiger partial charge in [-0.2, -0.15) is 0 Å². The fourth-order valence-electron chi connectivity index (χ4n) is 1.57. The fourth-order valence-corrected chi connectivity index (χ4v) is 1.57. The normalized spacial score (nSPS) is 10.2. The molecular formula is C13H21NO4. The highest BCUT2D eigenvalue weighted by Gasteiger charge is 2.13. The molecule has 0 fully saturated rings. The molecule has 0 bridgehead atoms. The van der Waals surface area contributed by atoms with Crippen molar-refractivity contribution in [2.75, 3.05) is 34.7 Å². The summed E-state index contributed by atoms with van der Waals surface area (Å²) in [6.45, 7) is 3.88. The van der Waals surface area contributed by atoms with Gasteiger partial charge in [0.1, 0.15) is 0 Å². The van der Waals surface area contributed by atoms with Crippen LogP contribution in [0.15, 0.2) is 12.1 Å². The summed E-state index contributed by atoms with van der Waals surface area (Å²) in [4.78, 5) is 0. The standard InChI is InChI=1S/C13H21NO4/c1-5-14-8-10-6-11(16-3)13(18-9-15-2)12(7-10)17-4/h6-7,14H,5,8-9H2,1-4H3. The lowest BCUT2D eigenvalue weighted by atomic mass is 10.2. The van der Waals surface area contributed by atoms with Gasteiger partial charge in [-0.05, 0) is 24.2 Å². The second kappa shape index (κ2) is 7.79. The first-order chi connectivity index (χ1) is 8.76. The van der Waals surface area contributed by atoms with Gasteiger partial charge in [-0.15, -0.1) is 0 Å². The molecule has 0 spiro atoms. The Morgan fingerprint density at radius 1 is 1.06 bits per heavy atom. The van der Waals surface area contributed by atoms with Gasteiger partial charge in [-0.3, -0.25) is 0 Å². The molecule has 0 heterocycles. The maximum atomic E-state index is 5.47. The molecule has 5 heteroatoms. The molecule has 0 aliphatic carbocycles. The lowest BCUT2D eigenvalue weighted by molar-refractivity contribution is 0.0471. The zero-order valence-corrected chi connectivity index (χ0v) is 11.4. The van der Waals surface area contributed by atoms with Crippen LogP contribution in [-0.4, -0.2) is 34.7 Å². The summed E-state index contributed by atoms with van der Waals surface area (Å²) in [5.41, 5.74) is 1.08. The van der Waals surface area contributed by atoms with Crippen molar-refractivity contribution in [2.24, 2.45) is 0 Å². The molecule has 0 radical (unpaired) electrons. The Kier molecular flexibility index (Phi) is 6.32. The second-order valence-electron chi connectivity index (χ2n) is 3.66. The van der Waals surface area contributed by atoms with Crippen molar-refractivity contribution in [1.29, 1.82) is 0 Å². The van der Waals surface area contributed by atoms with Crippen molar-refractivity contribution in [3.8, 4) is 17.2 Å². The van der Waals surface area contributed by atoms with Crippen LogP contribution < -0.4 is 19.5 Å². The number of nitrogens with one attached hydrogen (secondary N) is 1. The predicted molar refractivity (Wildman–Crippen MR) is 69.4 cm³/mol. The lowest BCUT2D eigenvalue weighted by Crippen LogP contribution is -2.12. The van der Waals surface area contributed by atoms with Crippen LogP contribution in [0.5, 0.6) is 17.2 Å². The topological polar surface area (TPSA) is 49.0 Å². The molecular weight excluding hydrogens is 234 g/mol.